The molecular weight excluding hydrogens is 283 g/mol. The standard InChI is InChI=1S/C12H19FN4O2S/c1-3-10-11(13)12(15-8-14-10)16-9-4-6-17(7-5-9)20(2,18)19/h8-9H,3-7H2,1-2H3,(H,14,15,16). The van der Waals surface area contributed by atoms with Crippen molar-refractivity contribution in [1.29, 1.82) is 0 Å². The molecule has 0 radical (unpaired) electrons. The van der Waals surface area contributed by atoms with Gasteiger partial charge in [-0.05, 0) is 19.3 Å². The van der Waals surface area contributed by atoms with Gasteiger partial charge < -0.3 is 5.32 Å². The van der Waals surface area contributed by atoms with Crippen molar-refractivity contribution in [3.63, 3.8) is 0 Å². The van der Waals surface area contributed by atoms with Gasteiger partial charge in [0.05, 0.1) is 11.9 Å². The molecule has 1 fully saturated rings. The van der Waals surface area contributed by atoms with E-state index in [9.17, 15) is 12.8 Å². The summed E-state index contributed by atoms with van der Waals surface area (Å²) >= 11 is 0. The summed E-state index contributed by atoms with van der Waals surface area (Å²) in [6.45, 7) is 2.73. The molecule has 0 amide bonds. The molecule has 0 unspecified atom stereocenters. The number of halogens is 1. The molecular formula is C12H19FN4O2S. The number of piperidine rings is 1. The summed E-state index contributed by atoms with van der Waals surface area (Å²) in [6.07, 6.45) is 4.33. The van der Waals surface area contributed by atoms with E-state index in [0.717, 1.165) is 0 Å². The highest BCUT2D eigenvalue weighted by Gasteiger charge is 2.25. The van der Waals surface area contributed by atoms with Crippen molar-refractivity contribution >= 4 is 15.8 Å². The lowest BCUT2D eigenvalue weighted by Crippen LogP contribution is -2.42. The van der Waals surface area contributed by atoms with E-state index in [2.05, 4.69) is 15.3 Å². The minimum atomic E-state index is -3.14. The second-order valence-electron chi connectivity index (χ2n) is 4.92. The number of nitrogens with one attached hydrogen (secondary N) is 1. The maximum absolute atomic E-state index is 14.0. The predicted molar refractivity (Wildman–Crippen MR) is 74.4 cm³/mol. The van der Waals surface area contributed by atoms with Crippen molar-refractivity contribution in [2.24, 2.45) is 0 Å². The molecule has 112 valence electrons. The maximum Gasteiger partial charge on any atom is 0.211 e. The molecule has 0 aromatic carbocycles. The fraction of sp³-hybridized carbons (Fsp3) is 0.667. The molecule has 1 aliphatic rings. The van der Waals surface area contributed by atoms with Crippen LogP contribution in [0.25, 0.3) is 0 Å². The number of hydrogen-bond acceptors (Lipinski definition) is 5. The van der Waals surface area contributed by atoms with Gasteiger partial charge in [0.1, 0.15) is 6.33 Å². The Kier molecular flexibility index (Phi) is 4.54. The van der Waals surface area contributed by atoms with E-state index in [0.29, 0.717) is 38.0 Å². The predicted octanol–water partition coefficient (Wildman–Crippen LogP) is 1.01. The molecule has 2 rings (SSSR count). The molecule has 8 heteroatoms. The Morgan fingerprint density at radius 2 is 2.05 bits per heavy atom. The Balaban J connectivity index is 2.00. The van der Waals surface area contributed by atoms with Crippen molar-refractivity contribution < 1.29 is 12.8 Å². The largest absolute Gasteiger partial charge is 0.365 e. The molecule has 0 spiro atoms. The Labute approximate surface area is 118 Å². The molecule has 0 atom stereocenters. The van der Waals surface area contributed by atoms with Gasteiger partial charge in [-0.1, -0.05) is 6.92 Å². The first-order valence-electron chi connectivity index (χ1n) is 6.63. The number of anilines is 1. The van der Waals surface area contributed by atoms with Crippen LogP contribution in [0.4, 0.5) is 10.2 Å². The van der Waals surface area contributed by atoms with E-state index in [4.69, 9.17) is 0 Å². The second kappa shape index (κ2) is 6.01. The third-order valence-corrected chi connectivity index (χ3v) is 4.76. The number of aromatic nitrogens is 2. The van der Waals surface area contributed by atoms with E-state index in [1.54, 1.807) is 0 Å². The molecule has 2 heterocycles. The van der Waals surface area contributed by atoms with E-state index in [-0.39, 0.29) is 11.9 Å². The first-order valence-corrected chi connectivity index (χ1v) is 8.47. The first-order chi connectivity index (χ1) is 9.41. The van der Waals surface area contributed by atoms with Crippen LogP contribution in [-0.2, 0) is 16.4 Å². The zero-order chi connectivity index (χ0) is 14.8. The number of rotatable bonds is 4. The lowest BCUT2D eigenvalue weighted by atomic mass is 10.1. The van der Waals surface area contributed by atoms with Crippen LogP contribution in [0, 0.1) is 5.82 Å². The third kappa shape index (κ3) is 3.43. The van der Waals surface area contributed by atoms with Crippen LogP contribution >= 0.6 is 0 Å². The zero-order valence-corrected chi connectivity index (χ0v) is 12.5. The molecule has 20 heavy (non-hydrogen) atoms. The van der Waals surface area contributed by atoms with Gasteiger partial charge in [-0.15, -0.1) is 0 Å². The maximum atomic E-state index is 14.0. The summed E-state index contributed by atoms with van der Waals surface area (Å²) in [4.78, 5) is 7.80. The Morgan fingerprint density at radius 1 is 1.40 bits per heavy atom. The van der Waals surface area contributed by atoms with Gasteiger partial charge in [0.15, 0.2) is 11.6 Å². The van der Waals surface area contributed by atoms with Gasteiger partial charge in [0.25, 0.3) is 0 Å². The monoisotopic (exact) mass is 302 g/mol. The summed E-state index contributed by atoms with van der Waals surface area (Å²) in [6, 6.07) is 0.0297. The average molecular weight is 302 g/mol. The number of sulfonamides is 1. The molecule has 6 nitrogen and oxygen atoms in total. The van der Waals surface area contributed by atoms with E-state index >= 15 is 0 Å². The van der Waals surface area contributed by atoms with Crippen molar-refractivity contribution in [3.8, 4) is 0 Å². The van der Waals surface area contributed by atoms with Crippen LogP contribution in [0.2, 0.25) is 0 Å². The van der Waals surface area contributed by atoms with Gasteiger partial charge in [0, 0.05) is 19.1 Å². The molecule has 1 aromatic rings. The average Bonchev–Trinajstić information content (AvgIpc) is 2.41. The van der Waals surface area contributed by atoms with E-state index < -0.39 is 15.8 Å². The normalized spacial score (nSPS) is 18.1. The van der Waals surface area contributed by atoms with Crippen LogP contribution in [-0.4, -0.2) is 48.1 Å². The molecule has 1 aliphatic heterocycles. The van der Waals surface area contributed by atoms with Gasteiger partial charge in [-0.3, -0.25) is 0 Å². The molecule has 0 saturated carbocycles. The summed E-state index contributed by atoms with van der Waals surface area (Å²) < 4.78 is 38.3. The quantitative estimate of drug-likeness (QED) is 0.898. The highest BCUT2D eigenvalue weighted by Crippen LogP contribution is 2.19. The summed E-state index contributed by atoms with van der Waals surface area (Å²) in [5.41, 5.74) is 0.385. The number of aryl methyl sites for hydroxylation is 1. The summed E-state index contributed by atoms with van der Waals surface area (Å²) in [5, 5.41) is 3.05. The Morgan fingerprint density at radius 3 is 2.60 bits per heavy atom. The highest BCUT2D eigenvalue weighted by atomic mass is 32.2. The molecule has 1 saturated heterocycles. The Hall–Kier alpha value is -1.28. The van der Waals surface area contributed by atoms with Gasteiger partial charge in [0.2, 0.25) is 10.0 Å². The lowest BCUT2D eigenvalue weighted by molar-refractivity contribution is 0.331. The molecule has 1 aromatic heterocycles. The van der Waals surface area contributed by atoms with Crippen molar-refractivity contribution in [1.82, 2.24) is 14.3 Å². The smallest absolute Gasteiger partial charge is 0.211 e. The third-order valence-electron chi connectivity index (χ3n) is 3.46. The van der Waals surface area contributed by atoms with Crippen LogP contribution in [0.5, 0.6) is 0 Å². The van der Waals surface area contributed by atoms with Crippen LogP contribution in [0.15, 0.2) is 6.33 Å². The van der Waals surface area contributed by atoms with Gasteiger partial charge in [-0.25, -0.2) is 27.1 Å². The Bertz CT molecular complexity index is 571. The fourth-order valence-electron chi connectivity index (χ4n) is 2.28. The topological polar surface area (TPSA) is 75.2 Å². The molecule has 0 aliphatic carbocycles. The minimum absolute atomic E-state index is 0.0297. The number of hydrogen-bond donors (Lipinski definition) is 1. The summed E-state index contributed by atoms with van der Waals surface area (Å²) in [7, 11) is -3.14. The van der Waals surface area contributed by atoms with Gasteiger partial charge >= 0.3 is 0 Å². The lowest BCUT2D eigenvalue weighted by Gasteiger charge is -2.31. The van der Waals surface area contributed by atoms with E-state index in [1.165, 1.54) is 16.9 Å². The van der Waals surface area contributed by atoms with Crippen molar-refractivity contribution in [2.75, 3.05) is 24.7 Å². The second-order valence-corrected chi connectivity index (χ2v) is 6.90. The fourth-order valence-corrected chi connectivity index (χ4v) is 3.15. The van der Waals surface area contributed by atoms with Gasteiger partial charge in [-0.2, -0.15) is 0 Å². The first kappa shape index (κ1) is 15.1. The SMILES string of the molecule is CCc1ncnc(NC2CCN(S(C)(=O)=O)CC2)c1F. The van der Waals surface area contributed by atoms with Crippen LogP contribution in [0.1, 0.15) is 25.5 Å². The van der Waals surface area contributed by atoms with Crippen LogP contribution in [0.3, 0.4) is 0 Å². The van der Waals surface area contributed by atoms with Crippen molar-refractivity contribution in [2.45, 2.75) is 32.2 Å². The number of nitrogens with zero attached hydrogens (tertiary/aromatic N) is 3. The molecule has 0 bridgehead atoms. The molecule has 1 N–H and O–H groups in total. The van der Waals surface area contributed by atoms with Crippen LogP contribution < -0.4 is 5.32 Å². The van der Waals surface area contributed by atoms with Crippen molar-refractivity contribution in [3.05, 3.63) is 17.8 Å². The highest BCUT2D eigenvalue weighted by molar-refractivity contribution is 7.88. The van der Waals surface area contributed by atoms with E-state index in [1.807, 2.05) is 6.92 Å². The minimum Gasteiger partial charge on any atom is -0.365 e. The summed E-state index contributed by atoms with van der Waals surface area (Å²) in [5.74, 6) is -0.213. The zero-order valence-electron chi connectivity index (χ0n) is 11.6.